The first-order valence-corrected chi connectivity index (χ1v) is 7.02. The molecular formula is C16H23N3. The molecule has 0 N–H and O–H groups in total. The largest absolute Gasteiger partial charge is 0.367 e. The zero-order valence-electron chi connectivity index (χ0n) is 12.1. The van der Waals surface area contributed by atoms with Gasteiger partial charge in [-0.2, -0.15) is 5.26 Å². The molecule has 1 aliphatic heterocycles. The second-order valence-corrected chi connectivity index (χ2v) is 5.63. The second-order valence-electron chi connectivity index (χ2n) is 5.63. The Hall–Kier alpha value is -1.53. The lowest BCUT2D eigenvalue weighted by Crippen LogP contribution is -2.40. The molecule has 3 heteroatoms. The van der Waals surface area contributed by atoms with Crippen molar-refractivity contribution in [2.24, 2.45) is 0 Å². The first-order valence-electron chi connectivity index (χ1n) is 7.02. The van der Waals surface area contributed by atoms with E-state index in [1.54, 1.807) is 0 Å². The third-order valence-electron chi connectivity index (χ3n) is 4.12. The molecular weight excluding hydrogens is 234 g/mol. The van der Waals surface area contributed by atoms with Crippen LogP contribution in [0.5, 0.6) is 0 Å². The summed E-state index contributed by atoms with van der Waals surface area (Å²) in [4.78, 5) is 4.79. The fraction of sp³-hybridized carbons (Fsp3) is 0.562. The zero-order valence-corrected chi connectivity index (χ0v) is 12.1. The van der Waals surface area contributed by atoms with Crippen LogP contribution < -0.4 is 4.90 Å². The van der Waals surface area contributed by atoms with E-state index in [0.29, 0.717) is 18.5 Å². The van der Waals surface area contributed by atoms with E-state index < -0.39 is 0 Å². The Kier molecular flexibility index (Phi) is 4.44. The molecule has 102 valence electrons. The highest BCUT2D eigenvalue weighted by molar-refractivity contribution is 5.49. The van der Waals surface area contributed by atoms with E-state index in [4.69, 9.17) is 5.26 Å². The molecule has 1 saturated heterocycles. The highest BCUT2D eigenvalue weighted by atomic mass is 15.2. The van der Waals surface area contributed by atoms with E-state index in [-0.39, 0.29) is 0 Å². The molecule has 1 aliphatic rings. The lowest BCUT2D eigenvalue weighted by molar-refractivity contribution is 0.263. The molecule has 1 aromatic carbocycles. The van der Waals surface area contributed by atoms with Gasteiger partial charge in [0.05, 0.1) is 12.5 Å². The average molecular weight is 257 g/mol. The summed E-state index contributed by atoms with van der Waals surface area (Å²) in [6.07, 6.45) is 1.75. The van der Waals surface area contributed by atoms with E-state index in [2.05, 4.69) is 61.0 Å². The molecule has 2 rings (SSSR count). The lowest BCUT2D eigenvalue weighted by Gasteiger charge is -2.32. The second kappa shape index (κ2) is 6.08. The third kappa shape index (κ3) is 3.27. The molecule has 19 heavy (non-hydrogen) atoms. The quantitative estimate of drug-likeness (QED) is 0.816. The van der Waals surface area contributed by atoms with E-state index >= 15 is 0 Å². The maximum atomic E-state index is 9.00. The average Bonchev–Trinajstić information content (AvgIpc) is 2.52. The minimum absolute atomic E-state index is 0.329. The van der Waals surface area contributed by atoms with E-state index in [1.165, 1.54) is 11.3 Å². The Morgan fingerprint density at radius 3 is 2.89 bits per heavy atom. The molecule has 0 amide bonds. The maximum Gasteiger partial charge on any atom is 0.0638 e. The molecule has 0 aliphatic carbocycles. The van der Waals surface area contributed by atoms with Gasteiger partial charge in [-0.15, -0.1) is 0 Å². The van der Waals surface area contributed by atoms with E-state index in [0.717, 1.165) is 19.5 Å². The molecule has 0 saturated carbocycles. The molecule has 2 unspecified atom stereocenters. The van der Waals surface area contributed by atoms with E-state index in [9.17, 15) is 0 Å². The van der Waals surface area contributed by atoms with Crippen LogP contribution in [0.25, 0.3) is 0 Å². The maximum absolute atomic E-state index is 9.00. The topological polar surface area (TPSA) is 30.3 Å². The number of anilines is 1. The standard InChI is InChI=1S/C16H23N3/c1-13-5-4-6-15(11-13)19-12-16(7-9-17)18(3)10-8-14(19)2/h4-6,11,14,16H,7-8,10,12H2,1-3H3. The zero-order chi connectivity index (χ0) is 13.8. The summed E-state index contributed by atoms with van der Waals surface area (Å²) in [7, 11) is 2.13. The van der Waals surface area contributed by atoms with Crippen LogP contribution in [0.4, 0.5) is 5.69 Å². The van der Waals surface area contributed by atoms with Gasteiger partial charge < -0.3 is 9.80 Å². The van der Waals surface area contributed by atoms with Gasteiger partial charge in [0.15, 0.2) is 0 Å². The predicted octanol–water partition coefficient (Wildman–Crippen LogP) is 2.81. The predicted molar refractivity (Wildman–Crippen MR) is 79.3 cm³/mol. The number of benzene rings is 1. The van der Waals surface area contributed by atoms with Crippen LogP contribution in [0.1, 0.15) is 25.3 Å². The fourth-order valence-electron chi connectivity index (χ4n) is 2.77. The summed E-state index contributed by atoms with van der Waals surface area (Å²) in [5.41, 5.74) is 2.57. The number of nitriles is 1. The van der Waals surface area contributed by atoms with Gasteiger partial charge in [0.25, 0.3) is 0 Å². The van der Waals surface area contributed by atoms with Crippen molar-refractivity contribution >= 4 is 5.69 Å². The van der Waals surface area contributed by atoms with Crippen LogP contribution >= 0.6 is 0 Å². The normalized spacial score (nSPS) is 24.8. The Balaban J connectivity index is 2.24. The van der Waals surface area contributed by atoms with Crippen molar-refractivity contribution in [3.05, 3.63) is 29.8 Å². The monoisotopic (exact) mass is 257 g/mol. The number of rotatable bonds is 2. The van der Waals surface area contributed by atoms with Gasteiger partial charge in [-0.25, -0.2) is 0 Å². The molecule has 1 heterocycles. The van der Waals surface area contributed by atoms with Crippen LogP contribution in [0.15, 0.2) is 24.3 Å². The summed E-state index contributed by atoms with van der Waals surface area (Å²) >= 11 is 0. The van der Waals surface area contributed by atoms with Crippen molar-refractivity contribution in [2.45, 2.75) is 38.8 Å². The van der Waals surface area contributed by atoms with Crippen molar-refractivity contribution in [1.29, 1.82) is 5.26 Å². The summed E-state index contributed by atoms with van der Waals surface area (Å²) in [5, 5.41) is 9.00. The third-order valence-corrected chi connectivity index (χ3v) is 4.12. The first kappa shape index (κ1) is 13.9. The number of aryl methyl sites for hydroxylation is 1. The minimum Gasteiger partial charge on any atom is -0.367 e. The number of hydrogen-bond acceptors (Lipinski definition) is 3. The molecule has 1 fully saturated rings. The molecule has 3 nitrogen and oxygen atoms in total. The first-order chi connectivity index (χ1) is 9.11. The van der Waals surface area contributed by atoms with Gasteiger partial charge in [0, 0.05) is 30.9 Å². The summed E-state index contributed by atoms with van der Waals surface area (Å²) in [6.45, 7) is 6.42. The SMILES string of the molecule is Cc1cccc(N2CC(CC#N)N(C)CCC2C)c1. The smallest absolute Gasteiger partial charge is 0.0638 e. The van der Waals surface area contributed by atoms with Gasteiger partial charge in [-0.05, 0) is 45.0 Å². The molecule has 1 aromatic rings. The lowest BCUT2D eigenvalue weighted by atomic mass is 10.1. The van der Waals surface area contributed by atoms with Crippen LogP contribution in [0.3, 0.4) is 0 Å². The summed E-state index contributed by atoms with van der Waals surface area (Å²) in [6, 6.07) is 11.8. The highest BCUT2D eigenvalue weighted by Crippen LogP contribution is 2.24. The van der Waals surface area contributed by atoms with Crippen LogP contribution in [0.2, 0.25) is 0 Å². The van der Waals surface area contributed by atoms with Crippen LogP contribution in [-0.2, 0) is 0 Å². The molecule has 0 radical (unpaired) electrons. The van der Waals surface area contributed by atoms with Gasteiger partial charge in [-0.3, -0.25) is 0 Å². The highest BCUT2D eigenvalue weighted by Gasteiger charge is 2.26. The number of nitrogens with zero attached hydrogens (tertiary/aromatic N) is 3. The van der Waals surface area contributed by atoms with Gasteiger partial charge in [0.1, 0.15) is 0 Å². The Bertz CT molecular complexity index is 463. The Morgan fingerprint density at radius 2 is 2.21 bits per heavy atom. The van der Waals surface area contributed by atoms with Crippen molar-refractivity contribution in [1.82, 2.24) is 4.90 Å². The number of likely N-dealkylation sites (N-methyl/N-ethyl adjacent to an activating group) is 1. The van der Waals surface area contributed by atoms with E-state index in [1.807, 2.05) is 0 Å². The van der Waals surface area contributed by atoms with Crippen molar-refractivity contribution in [2.75, 3.05) is 25.0 Å². The van der Waals surface area contributed by atoms with Gasteiger partial charge in [-0.1, -0.05) is 12.1 Å². The molecule has 2 atom stereocenters. The molecule has 0 aromatic heterocycles. The summed E-state index contributed by atoms with van der Waals surface area (Å²) < 4.78 is 0. The molecule has 0 bridgehead atoms. The van der Waals surface area contributed by atoms with Crippen molar-refractivity contribution < 1.29 is 0 Å². The van der Waals surface area contributed by atoms with Crippen molar-refractivity contribution in [3.8, 4) is 6.07 Å². The van der Waals surface area contributed by atoms with Crippen molar-refractivity contribution in [3.63, 3.8) is 0 Å². The van der Waals surface area contributed by atoms with Crippen LogP contribution in [-0.4, -0.2) is 37.1 Å². The van der Waals surface area contributed by atoms with Gasteiger partial charge in [0.2, 0.25) is 0 Å². The fourth-order valence-corrected chi connectivity index (χ4v) is 2.77. The van der Waals surface area contributed by atoms with Crippen LogP contribution in [0, 0.1) is 18.3 Å². The number of hydrogen-bond donors (Lipinski definition) is 0. The molecule has 0 spiro atoms. The Morgan fingerprint density at radius 1 is 1.42 bits per heavy atom. The van der Waals surface area contributed by atoms with Gasteiger partial charge >= 0.3 is 0 Å². The minimum atomic E-state index is 0.329. The Labute approximate surface area is 116 Å². The summed E-state index contributed by atoms with van der Waals surface area (Å²) in [5.74, 6) is 0.